The molecule has 2 bridgehead atoms. The maximum absolute atomic E-state index is 14.2. The molecule has 3 aliphatic rings. The van der Waals surface area contributed by atoms with Gasteiger partial charge in [-0.15, -0.1) is 0 Å². The van der Waals surface area contributed by atoms with Gasteiger partial charge in [0.1, 0.15) is 11.6 Å². The van der Waals surface area contributed by atoms with Crippen LogP contribution in [-0.2, 0) is 25.7 Å². The molecule has 0 saturated carbocycles. The normalized spacial score (nSPS) is 33.9. The SMILES string of the molecule is CCCC(C)NC(=O)C1N([C@@H](CO)C(C)C)C(=O)[C@@H]2[C@H](C(=O)NCc3ccccc3)[C@@]3(C)OC12CC3C. The summed E-state index contributed by atoms with van der Waals surface area (Å²) in [6, 6.07) is 8.13. The van der Waals surface area contributed by atoms with Gasteiger partial charge in [0.25, 0.3) is 0 Å². The fourth-order valence-corrected chi connectivity index (χ4v) is 7.08. The molecule has 8 heteroatoms. The van der Waals surface area contributed by atoms with Crippen molar-refractivity contribution in [1.82, 2.24) is 15.5 Å². The largest absolute Gasteiger partial charge is 0.394 e. The second-order valence-corrected chi connectivity index (χ2v) is 11.8. The van der Waals surface area contributed by atoms with Gasteiger partial charge >= 0.3 is 0 Å². The predicted molar refractivity (Wildman–Crippen MR) is 140 cm³/mol. The first-order valence-electron chi connectivity index (χ1n) is 13.8. The number of nitrogens with one attached hydrogen (secondary N) is 2. The summed E-state index contributed by atoms with van der Waals surface area (Å²) in [7, 11) is 0. The Labute approximate surface area is 220 Å². The Bertz CT molecular complexity index is 1020. The Morgan fingerprint density at radius 1 is 1.19 bits per heavy atom. The first-order chi connectivity index (χ1) is 17.5. The van der Waals surface area contributed by atoms with Crippen molar-refractivity contribution in [2.45, 2.75) is 96.7 Å². The number of hydrogen-bond acceptors (Lipinski definition) is 5. The van der Waals surface area contributed by atoms with Crippen LogP contribution in [0.5, 0.6) is 0 Å². The second kappa shape index (κ2) is 10.4. The van der Waals surface area contributed by atoms with Gasteiger partial charge in [-0.3, -0.25) is 14.4 Å². The number of likely N-dealkylation sites (tertiary alicyclic amines) is 1. The summed E-state index contributed by atoms with van der Waals surface area (Å²) in [6.07, 6.45) is 2.24. The standard InChI is InChI=1S/C29H43N3O5/c1-7-11-19(5)31-26(35)24-29-14-18(4)28(6,37-29)22(25(34)30-15-20-12-9-8-10-13-20)23(29)27(36)32(24)21(16-33)17(2)3/h8-10,12-13,17-19,21-24,33H,7,11,14-16H2,1-6H3,(H,30,34)(H,31,35)/t18?,19?,21-,22+,23-,24?,28-,29?/m0/s1. The highest BCUT2D eigenvalue weighted by Gasteiger charge is 2.80. The molecular formula is C29H43N3O5. The van der Waals surface area contributed by atoms with Gasteiger partial charge in [-0.1, -0.05) is 64.4 Å². The van der Waals surface area contributed by atoms with E-state index in [1.54, 1.807) is 4.90 Å². The topological polar surface area (TPSA) is 108 Å². The molecule has 4 rings (SSSR count). The second-order valence-electron chi connectivity index (χ2n) is 11.8. The molecule has 3 amide bonds. The molecule has 1 spiro atoms. The number of aliphatic hydroxyl groups is 1. The molecular weight excluding hydrogens is 470 g/mol. The van der Waals surface area contributed by atoms with Crippen LogP contribution in [0.1, 0.15) is 66.4 Å². The van der Waals surface area contributed by atoms with E-state index in [-0.39, 0.29) is 42.2 Å². The van der Waals surface area contributed by atoms with Crippen LogP contribution < -0.4 is 10.6 Å². The maximum Gasteiger partial charge on any atom is 0.246 e. The lowest BCUT2D eigenvalue weighted by Crippen LogP contribution is -2.60. The van der Waals surface area contributed by atoms with Crippen molar-refractivity contribution in [3.05, 3.63) is 35.9 Å². The van der Waals surface area contributed by atoms with Crippen LogP contribution in [0.4, 0.5) is 0 Å². The molecule has 3 fully saturated rings. The van der Waals surface area contributed by atoms with Gasteiger partial charge in [0.05, 0.1) is 30.1 Å². The van der Waals surface area contributed by atoms with Gasteiger partial charge in [0, 0.05) is 12.6 Å². The van der Waals surface area contributed by atoms with Crippen LogP contribution in [0, 0.1) is 23.7 Å². The monoisotopic (exact) mass is 513 g/mol. The average molecular weight is 514 g/mol. The van der Waals surface area contributed by atoms with Crippen LogP contribution >= 0.6 is 0 Å². The summed E-state index contributed by atoms with van der Waals surface area (Å²) >= 11 is 0. The molecule has 3 aliphatic heterocycles. The fourth-order valence-electron chi connectivity index (χ4n) is 7.08. The number of hydrogen-bond donors (Lipinski definition) is 3. The molecule has 1 aromatic carbocycles. The fraction of sp³-hybridized carbons (Fsp3) is 0.690. The van der Waals surface area contributed by atoms with Crippen molar-refractivity contribution >= 4 is 17.7 Å². The molecule has 3 heterocycles. The van der Waals surface area contributed by atoms with E-state index in [1.807, 2.05) is 65.0 Å². The zero-order chi connectivity index (χ0) is 27.1. The van der Waals surface area contributed by atoms with Gasteiger partial charge in [-0.05, 0) is 44.1 Å². The molecule has 8 nitrogen and oxygen atoms in total. The van der Waals surface area contributed by atoms with Crippen LogP contribution in [0.25, 0.3) is 0 Å². The number of carbonyl (C=O) groups excluding carboxylic acids is 3. The minimum absolute atomic E-state index is 0.0287. The van der Waals surface area contributed by atoms with E-state index in [2.05, 4.69) is 17.6 Å². The Kier molecular flexibility index (Phi) is 7.73. The highest BCUT2D eigenvalue weighted by atomic mass is 16.5. The molecule has 8 atom stereocenters. The molecule has 204 valence electrons. The smallest absolute Gasteiger partial charge is 0.246 e. The van der Waals surface area contributed by atoms with Crippen molar-refractivity contribution in [2.75, 3.05) is 6.61 Å². The molecule has 0 aliphatic carbocycles. The Hall–Kier alpha value is -2.45. The number of aliphatic hydroxyl groups excluding tert-OH is 1. The van der Waals surface area contributed by atoms with Crippen LogP contribution in [0.3, 0.4) is 0 Å². The molecule has 1 aromatic rings. The van der Waals surface area contributed by atoms with E-state index in [0.717, 1.165) is 18.4 Å². The van der Waals surface area contributed by atoms with E-state index >= 15 is 0 Å². The third-order valence-electron chi connectivity index (χ3n) is 9.02. The van der Waals surface area contributed by atoms with Crippen LogP contribution in [-0.4, -0.2) is 63.7 Å². The third-order valence-corrected chi connectivity index (χ3v) is 9.02. The molecule has 3 saturated heterocycles. The lowest BCUT2D eigenvalue weighted by Gasteiger charge is -2.39. The first-order valence-corrected chi connectivity index (χ1v) is 13.8. The molecule has 37 heavy (non-hydrogen) atoms. The molecule has 0 radical (unpaired) electrons. The van der Waals surface area contributed by atoms with E-state index in [1.165, 1.54) is 0 Å². The minimum atomic E-state index is -1.11. The number of rotatable bonds is 10. The van der Waals surface area contributed by atoms with Gasteiger partial charge in [0.2, 0.25) is 17.7 Å². The number of ether oxygens (including phenoxy) is 1. The first kappa shape index (κ1) is 27.6. The van der Waals surface area contributed by atoms with Gasteiger partial charge in [-0.2, -0.15) is 0 Å². The summed E-state index contributed by atoms with van der Waals surface area (Å²) < 4.78 is 6.75. The number of carbonyl (C=O) groups is 3. The Balaban J connectivity index is 1.72. The third kappa shape index (κ3) is 4.46. The highest BCUT2D eigenvalue weighted by Crippen LogP contribution is 2.65. The van der Waals surface area contributed by atoms with Crippen molar-refractivity contribution in [3.8, 4) is 0 Å². The zero-order valence-corrected chi connectivity index (χ0v) is 23.0. The number of benzene rings is 1. The lowest BCUT2D eigenvalue weighted by atomic mass is 9.62. The van der Waals surface area contributed by atoms with Crippen molar-refractivity contribution in [2.24, 2.45) is 23.7 Å². The van der Waals surface area contributed by atoms with Crippen molar-refractivity contribution in [1.29, 1.82) is 0 Å². The zero-order valence-electron chi connectivity index (χ0n) is 23.0. The van der Waals surface area contributed by atoms with Gasteiger partial charge in [-0.25, -0.2) is 0 Å². The van der Waals surface area contributed by atoms with Crippen molar-refractivity contribution < 1.29 is 24.2 Å². The number of amides is 3. The predicted octanol–water partition coefficient (Wildman–Crippen LogP) is 2.64. The van der Waals surface area contributed by atoms with Crippen molar-refractivity contribution in [3.63, 3.8) is 0 Å². The van der Waals surface area contributed by atoms with Crippen LogP contribution in [0.15, 0.2) is 30.3 Å². The molecule has 4 unspecified atom stereocenters. The van der Waals surface area contributed by atoms with Gasteiger partial charge in [0.15, 0.2) is 0 Å². The maximum atomic E-state index is 14.2. The lowest BCUT2D eigenvalue weighted by molar-refractivity contribution is -0.152. The number of nitrogens with zero attached hydrogens (tertiary/aromatic N) is 1. The summed E-state index contributed by atoms with van der Waals surface area (Å²) in [5.74, 6) is -2.39. The average Bonchev–Trinajstić information content (AvgIpc) is 3.35. The molecule has 3 N–H and O–H groups in total. The van der Waals surface area contributed by atoms with E-state index < -0.39 is 35.1 Å². The highest BCUT2D eigenvalue weighted by molar-refractivity contribution is 5.99. The summed E-state index contributed by atoms with van der Waals surface area (Å²) in [5.41, 5.74) is -1.01. The summed E-state index contributed by atoms with van der Waals surface area (Å²) in [6.45, 7) is 11.9. The summed E-state index contributed by atoms with van der Waals surface area (Å²) in [5, 5.41) is 16.5. The van der Waals surface area contributed by atoms with E-state index in [9.17, 15) is 19.5 Å². The Morgan fingerprint density at radius 3 is 2.46 bits per heavy atom. The van der Waals surface area contributed by atoms with E-state index in [0.29, 0.717) is 13.0 Å². The molecule has 0 aromatic heterocycles. The van der Waals surface area contributed by atoms with Gasteiger partial charge < -0.3 is 25.4 Å². The summed E-state index contributed by atoms with van der Waals surface area (Å²) in [4.78, 5) is 43.4. The quantitative estimate of drug-likeness (QED) is 0.446. The van der Waals surface area contributed by atoms with Crippen LogP contribution in [0.2, 0.25) is 0 Å². The minimum Gasteiger partial charge on any atom is -0.394 e. The Morgan fingerprint density at radius 2 is 1.86 bits per heavy atom. The van der Waals surface area contributed by atoms with E-state index in [4.69, 9.17) is 4.74 Å². The number of fused-ring (bicyclic) bond motifs is 1.